The second-order valence-electron chi connectivity index (χ2n) is 17.4. The molecule has 3 N–H and O–H groups in total. The van der Waals surface area contributed by atoms with Gasteiger partial charge in [0, 0.05) is 29.8 Å². The second kappa shape index (κ2) is 17.5. The maximum Gasteiger partial charge on any atom is 0.573 e. The SMILES string of the molecule is COc1ccc2c(OC3C[C@H]4C(=O)N[C@]5(C(=O)NS(=O)(=O)C6CC6)CC5/C=C\CCCN(C)C[C@H](NC(=O)OC(C)(C)C)C(=O)N4C3)nc(-c3ccc(OC(F)(F)F)cc3)cc2c1. The minimum absolute atomic E-state index is 0.0506. The number of alkyl carbamates (subject to hydrolysis) is 1. The van der Waals surface area contributed by atoms with Gasteiger partial charge in [-0.2, -0.15) is 0 Å². The van der Waals surface area contributed by atoms with Crippen molar-refractivity contribution in [3.05, 3.63) is 60.7 Å². The fraction of sp³-hybridized carbons (Fsp3) is 0.512. The molecule has 1 saturated heterocycles. The molecule has 5 atom stereocenters. The number of hydrogen-bond acceptors (Lipinski definition) is 12. The van der Waals surface area contributed by atoms with Crippen molar-refractivity contribution in [1.29, 1.82) is 0 Å². The van der Waals surface area contributed by atoms with E-state index in [4.69, 9.17) is 19.2 Å². The highest BCUT2D eigenvalue weighted by atomic mass is 32.2. The Morgan fingerprint density at radius 1 is 1.00 bits per heavy atom. The highest BCUT2D eigenvalue weighted by Crippen LogP contribution is 2.46. The number of hydrogen-bond donors (Lipinski definition) is 3. The van der Waals surface area contributed by atoms with Crippen LogP contribution in [-0.4, -0.2) is 122 Å². The zero-order valence-electron chi connectivity index (χ0n) is 35.5. The van der Waals surface area contributed by atoms with Gasteiger partial charge in [0.2, 0.25) is 27.7 Å². The third kappa shape index (κ3) is 10.9. The van der Waals surface area contributed by atoms with Crippen molar-refractivity contribution in [2.24, 2.45) is 5.92 Å². The van der Waals surface area contributed by atoms with Crippen molar-refractivity contribution >= 4 is 44.6 Å². The number of amides is 4. The number of benzene rings is 2. The number of likely N-dealkylation sites (N-methyl/N-ethyl adjacent to an activating group) is 1. The summed E-state index contributed by atoms with van der Waals surface area (Å²) in [5, 5.41) is 5.95. The molecule has 4 aliphatic rings. The number of pyridine rings is 1. The van der Waals surface area contributed by atoms with Crippen molar-refractivity contribution in [3.63, 3.8) is 0 Å². The molecular formula is C43H51F3N6O10S. The van der Waals surface area contributed by atoms with E-state index in [1.54, 1.807) is 58.2 Å². The molecule has 16 nitrogen and oxygen atoms in total. The van der Waals surface area contributed by atoms with Gasteiger partial charge in [-0.3, -0.25) is 19.1 Å². The topological polar surface area (TPSA) is 195 Å². The molecule has 3 aromatic rings. The summed E-state index contributed by atoms with van der Waals surface area (Å²) in [5.41, 5.74) is -1.76. The van der Waals surface area contributed by atoms with Gasteiger partial charge >= 0.3 is 12.5 Å². The first-order valence-corrected chi connectivity index (χ1v) is 22.2. The summed E-state index contributed by atoms with van der Waals surface area (Å²) in [5.74, 6) is -2.60. The summed E-state index contributed by atoms with van der Waals surface area (Å²) in [6.45, 7) is 5.43. The van der Waals surface area contributed by atoms with Gasteiger partial charge in [-0.15, -0.1) is 13.2 Å². The number of fused-ring (bicyclic) bond motifs is 3. The Hall–Kier alpha value is -5.63. The zero-order chi connectivity index (χ0) is 45.5. The van der Waals surface area contributed by atoms with Crippen LogP contribution in [0.15, 0.2) is 60.7 Å². The average Bonchev–Trinajstić information content (AvgIpc) is 4.12. The summed E-state index contributed by atoms with van der Waals surface area (Å²) in [7, 11) is -0.690. The van der Waals surface area contributed by atoms with Gasteiger partial charge in [-0.05, 0) is 120 Å². The number of sulfonamides is 1. The van der Waals surface area contributed by atoms with E-state index in [0.717, 1.165) is 12.1 Å². The lowest BCUT2D eigenvalue weighted by atomic mass is 10.1. The molecule has 4 amide bonds. The molecule has 2 saturated carbocycles. The van der Waals surface area contributed by atoms with E-state index in [1.807, 2.05) is 11.0 Å². The smallest absolute Gasteiger partial charge is 0.497 e. The van der Waals surface area contributed by atoms with E-state index in [1.165, 1.54) is 24.1 Å². The van der Waals surface area contributed by atoms with Gasteiger partial charge in [0.05, 0.1) is 24.6 Å². The number of carbonyl (C=O) groups is 4. The highest BCUT2D eigenvalue weighted by molar-refractivity contribution is 7.91. The number of nitrogens with zero attached hydrogens (tertiary/aromatic N) is 3. The number of aromatic nitrogens is 1. The molecular weight excluding hydrogens is 850 g/mol. The minimum Gasteiger partial charge on any atom is -0.497 e. The normalized spacial score (nSPS) is 25.4. The molecule has 0 spiro atoms. The van der Waals surface area contributed by atoms with E-state index in [9.17, 15) is 40.8 Å². The van der Waals surface area contributed by atoms with Crippen LogP contribution >= 0.6 is 0 Å². The maximum atomic E-state index is 14.8. The lowest BCUT2D eigenvalue weighted by molar-refractivity contribution is -0.274. The molecule has 2 aliphatic heterocycles. The first kappa shape index (κ1) is 45.4. The first-order valence-electron chi connectivity index (χ1n) is 20.7. The monoisotopic (exact) mass is 900 g/mol. The van der Waals surface area contributed by atoms with Crippen LogP contribution in [0, 0.1) is 5.92 Å². The molecule has 63 heavy (non-hydrogen) atoms. The molecule has 0 bridgehead atoms. The highest BCUT2D eigenvalue weighted by Gasteiger charge is 2.62. The Labute approximate surface area is 362 Å². The molecule has 0 radical (unpaired) electrons. The van der Waals surface area contributed by atoms with Crippen LogP contribution in [0.4, 0.5) is 18.0 Å². The largest absolute Gasteiger partial charge is 0.573 e. The number of nitrogens with one attached hydrogen (secondary N) is 3. The molecule has 1 aromatic heterocycles. The first-order chi connectivity index (χ1) is 29.6. The Morgan fingerprint density at radius 3 is 2.38 bits per heavy atom. The van der Waals surface area contributed by atoms with Crippen LogP contribution in [0.2, 0.25) is 0 Å². The molecule has 2 unspecified atom stereocenters. The fourth-order valence-corrected chi connectivity index (χ4v) is 9.24. The number of ether oxygens (including phenoxy) is 4. The molecule has 7 rings (SSSR count). The number of allylic oxidation sites excluding steroid dienone is 1. The van der Waals surface area contributed by atoms with E-state index >= 15 is 0 Å². The lowest BCUT2D eigenvalue weighted by Gasteiger charge is -2.32. The van der Waals surface area contributed by atoms with E-state index in [0.29, 0.717) is 60.0 Å². The van der Waals surface area contributed by atoms with Gasteiger partial charge in [-0.25, -0.2) is 18.2 Å². The summed E-state index contributed by atoms with van der Waals surface area (Å²) in [6.07, 6.45) is -0.873. The Kier molecular flexibility index (Phi) is 12.6. The van der Waals surface area contributed by atoms with E-state index < -0.39 is 86.4 Å². The molecule has 340 valence electrons. The molecule has 20 heteroatoms. The van der Waals surface area contributed by atoms with Crippen LogP contribution in [0.25, 0.3) is 22.0 Å². The molecule has 3 heterocycles. The van der Waals surface area contributed by atoms with Crippen molar-refractivity contribution in [1.82, 2.24) is 30.1 Å². The summed E-state index contributed by atoms with van der Waals surface area (Å²) in [6, 6.07) is 9.48. The fourth-order valence-electron chi connectivity index (χ4n) is 7.87. The maximum absolute atomic E-state index is 14.8. The van der Waals surface area contributed by atoms with Gasteiger partial charge in [0.15, 0.2) is 0 Å². The number of alkyl halides is 3. The number of methoxy groups -OCH3 is 1. The summed E-state index contributed by atoms with van der Waals surface area (Å²) >= 11 is 0. The quantitative estimate of drug-likeness (QED) is 0.249. The Morgan fingerprint density at radius 2 is 1.71 bits per heavy atom. The Bertz CT molecular complexity index is 2390. The van der Waals surface area contributed by atoms with Gasteiger partial charge in [0.1, 0.15) is 40.8 Å². The van der Waals surface area contributed by atoms with Crippen LogP contribution in [0.1, 0.15) is 59.3 Å². The molecule has 2 aromatic carbocycles. The number of rotatable bonds is 9. The lowest BCUT2D eigenvalue weighted by Crippen LogP contribution is -2.59. The van der Waals surface area contributed by atoms with E-state index in [2.05, 4.69) is 20.1 Å². The van der Waals surface area contributed by atoms with E-state index in [-0.39, 0.29) is 31.8 Å². The van der Waals surface area contributed by atoms with Crippen LogP contribution < -0.4 is 29.6 Å². The van der Waals surface area contributed by atoms with Gasteiger partial charge in [-0.1, -0.05) is 12.2 Å². The summed E-state index contributed by atoms with van der Waals surface area (Å²) < 4.78 is 88.4. The van der Waals surface area contributed by atoms with Crippen LogP contribution in [0.3, 0.4) is 0 Å². The van der Waals surface area contributed by atoms with Crippen molar-refractivity contribution in [3.8, 4) is 28.6 Å². The number of halogens is 3. The Balaban J connectivity index is 1.24. The molecule has 2 aliphatic carbocycles. The van der Waals surface area contributed by atoms with Crippen LogP contribution in [-0.2, 0) is 29.1 Å². The summed E-state index contributed by atoms with van der Waals surface area (Å²) in [4.78, 5) is 64.3. The van der Waals surface area contributed by atoms with Gasteiger partial charge in [0.25, 0.3) is 5.91 Å². The predicted molar refractivity (Wildman–Crippen MR) is 223 cm³/mol. The minimum atomic E-state index is -4.89. The average molecular weight is 901 g/mol. The molecule has 3 fully saturated rings. The predicted octanol–water partition coefficient (Wildman–Crippen LogP) is 4.82. The van der Waals surface area contributed by atoms with Crippen molar-refractivity contribution < 1.29 is 59.7 Å². The number of carbonyl (C=O) groups excluding carboxylic acids is 4. The van der Waals surface area contributed by atoms with Crippen molar-refractivity contribution in [2.75, 3.05) is 33.8 Å². The van der Waals surface area contributed by atoms with Crippen LogP contribution in [0.5, 0.6) is 17.4 Å². The zero-order valence-corrected chi connectivity index (χ0v) is 36.3. The third-order valence-electron chi connectivity index (χ3n) is 11.2. The van der Waals surface area contributed by atoms with Crippen molar-refractivity contribution in [2.45, 2.75) is 100 Å². The third-order valence-corrected chi connectivity index (χ3v) is 13.1. The standard InChI is InChI=1S/C43H51F3N6O10S/c1-41(2,3)62-40(56)48-34-24-51(4)18-8-6-7-9-27-22-42(27,39(55)50-63(57,58)31-15-16-31)49-36(53)35-21-30(23-52(35)38(34)54)60-37-32-17-14-29(59-5)19-26(32)20-33(47-37)25-10-12-28(13-11-25)61-43(44,45)46/h7,9-14,17,19-20,27,30-31,34-35H,6,8,15-16,18,21-24H2,1-5H3,(H,48,56)(H,49,53)(H,50,55)/b9-7-/t27?,30?,34-,35-,42+/m0/s1. The second-order valence-corrected chi connectivity index (χ2v) is 19.4. The van der Waals surface area contributed by atoms with Gasteiger partial charge < -0.3 is 39.4 Å².